The summed E-state index contributed by atoms with van der Waals surface area (Å²) in [5.41, 5.74) is -0.0450. The maximum absolute atomic E-state index is 12.7. The van der Waals surface area contributed by atoms with Crippen molar-refractivity contribution in [1.29, 1.82) is 0 Å². The van der Waals surface area contributed by atoms with Crippen molar-refractivity contribution in [2.75, 3.05) is 13.9 Å². The van der Waals surface area contributed by atoms with Crippen LogP contribution in [0.15, 0.2) is 30.3 Å². The molecule has 1 aromatic carbocycles. The Morgan fingerprint density at radius 3 is 2.66 bits per heavy atom. The minimum absolute atomic E-state index is 0.0271. The maximum atomic E-state index is 12.7. The molecular formula is C27H38O5. The number of hydrogen-bond donors (Lipinski definition) is 1. The first-order valence-electron chi connectivity index (χ1n) is 11.8. The zero-order valence-electron chi connectivity index (χ0n) is 20.1. The van der Waals surface area contributed by atoms with Crippen LogP contribution in [0.25, 0.3) is 0 Å². The Bertz CT molecular complexity index is 823. The van der Waals surface area contributed by atoms with E-state index in [1.165, 1.54) is 0 Å². The van der Waals surface area contributed by atoms with E-state index >= 15 is 0 Å². The Kier molecular flexibility index (Phi) is 8.03. The SMILES string of the molecule is COCOC(C)(C)C#C[C@H](O)[C@@H](C)[C@@H]1CC[C@@H]2[C@@H](OC(=O)c3ccccc3)CCC[C@@]21C. The number of hydrogen-bond acceptors (Lipinski definition) is 5. The van der Waals surface area contributed by atoms with Crippen LogP contribution in [0.1, 0.15) is 70.2 Å². The van der Waals surface area contributed by atoms with E-state index in [4.69, 9.17) is 14.2 Å². The molecule has 2 aliphatic rings. The van der Waals surface area contributed by atoms with Crippen molar-refractivity contribution >= 4 is 5.97 Å². The van der Waals surface area contributed by atoms with Crippen LogP contribution in [0.4, 0.5) is 0 Å². The first-order chi connectivity index (χ1) is 15.2. The normalized spacial score (nSPS) is 29.4. The van der Waals surface area contributed by atoms with Gasteiger partial charge in [-0.25, -0.2) is 4.79 Å². The van der Waals surface area contributed by atoms with Crippen LogP contribution >= 0.6 is 0 Å². The fourth-order valence-electron chi connectivity index (χ4n) is 5.79. The number of carbonyl (C=O) groups excluding carboxylic acids is 1. The molecular weight excluding hydrogens is 404 g/mol. The highest BCUT2D eigenvalue weighted by molar-refractivity contribution is 5.89. The Morgan fingerprint density at radius 2 is 1.97 bits per heavy atom. The van der Waals surface area contributed by atoms with Gasteiger partial charge in [0.1, 0.15) is 24.6 Å². The molecule has 2 aliphatic carbocycles. The van der Waals surface area contributed by atoms with Gasteiger partial charge < -0.3 is 19.3 Å². The second-order valence-electron chi connectivity index (χ2n) is 10.1. The highest BCUT2D eigenvalue weighted by atomic mass is 16.7. The number of methoxy groups -OCH3 is 1. The highest BCUT2D eigenvalue weighted by Gasteiger charge is 2.54. The van der Waals surface area contributed by atoms with E-state index < -0.39 is 11.7 Å². The predicted octanol–water partition coefficient (Wildman–Crippen LogP) is 4.83. The molecule has 2 saturated carbocycles. The quantitative estimate of drug-likeness (QED) is 0.372. The van der Waals surface area contributed by atoms with Crippen molar-refractivity contribution in [1.82, 2.24) is 0 Å². The monoisotopic (exact) mass is 442 g/mol. The fourth-order valence-corrected chi connectivity index (χ4v) is 5.79. The van der Waals surface area contributed by atoms with E-state index in [0.717, 1.165) is 32.1 Å². The van der Waals surface area contributed by atoms with Crippen LogP contribution in [0.3, 0.4) is 0 Å². The van der Waals surface area contributed by atoms with Crippen LogP contribution in [0, 0.1) is 35.0 Å². The van der Waals surface area contributed by atoms with Crippen molar-refractivity contribution in [3.63, 3.8) is 0 Å². The number of benzene rings is 1. The molecule has 5 heteroatoms. The molecule has 2 fully saturated rings. The third kappa shape index (κ3) is 5.54. The summed E-state index contributed by atoms with van der Waals surface area (Å²) in [5.74, 6) is 6.53. The number of rotatable bonds is 7. The van der Waals surface area contributed by atoms with Gasteiger partial charge in [-0.15, -0.1) is 0 Å². The number of fused-ring (bicyclic) bond motifs is 1. The molecule has 0 heterocycles. The Morgan fingerprint density at radius 1 is 1.25 bits per heavy atom. The van der Waals surface area contributed by atoms with Gasteiger partial charge in [0.2, 0.25) is 0 Å². The van der Waals surface area contributed by atoms with Gasteiger partial charge in [0, 0.05) is 13.0 Å². The summed E-state index contributed by atoms with van der Waals surface area (Å²) in [6, 6.07) is 9.22. The predicted molar refractivity (Wildman–Crippen MR) is 124 cm³/mol. The van der Waals surface area contributed by atoms with Crippen molar-refractivity contribution in [3.05, 3.63) is 35.9 Å². The lowest BCUT2D eigenvalue weighted by atomic mass is 9.61. The molecule has 32 heavy (non-hydrogen) atoms. The van der Waals surface area contributed by atoms with E-state index in [-0.39, 0.29) is 30.2 Å². The van der Waals surface area contributed by atoms with E-state index in [2.05, 4.69) is 25.7 Å². The summed E-state index contributed by atoms with van der Waals surface area (Å²) in [6.45, 7) is 8.32. The molecule has 6 atom stereocenters. The smallest absolute Gasteiger partial charge is 0.338 e. The van der Waals surface area contributed by atoms with Gasteiger partial charge in [0.05, 0.1) is 5.56 Å². The summed E-state index contributed by atoms with van der Waals surface area (Å²) in [4.78, 5) is 12.7. The standard InChI is InChI=1S/C27H38O5/c1-19(23(28)15-17-26(2,3)31-18-30-5)21-13-14-22-24(12-9-16-27(21,22)4)32-25(29)20-10-7-6-8-11-20/h6-8,10-11,19,21-24,28H,9,12-14,16,18H2,1-5H3/t19-,21-,22+,23-,24-,27+/m0/s1. The molecule has 0 bridgehead atoms. The van der Waals surface area contributed by atoms with Gasteiger partial charge in [-0.1, -0.05) is 43.9 Å². The molecule has 3 rings (SSSR count). The summed E-state index contributed by atoms with van der Waals surface area (Å²) in [5, 5.41) is 10.9. The minimum Gasteiger partial charge on any atom is -0.458 e. The lowest BCUT2D eigenvalue weighted by Crippen LogP contribution is -2.44. The third-order valence-electron chi connectivity index (χ3n) is 7.59. The van der Waals surface area contributed by atoms with Gasteiger partial charge in [-0.3, -0.25) is 0 Å². The minimum atomic E-state index is -0.728. The van der Waals surface area contributed by atoms with Gasteiger partial charge in [-0.05, 0) is 75.3 Å². The highest BCUT2D eigenvalue weighted by Crippen LogP contribution is 2.58. The number of aliphatic hydroxyl groups is 1. The molecule has 0 unspecified atom stereocenters. The Balaban J connectivity index is 1.68. The average Bonchev–Trinajstić information content (AvgIpc) is 3.14. The lowest BCUT2D eigenvalue weighted by molar-refractivity contribution is -0.0879. The molecule has 5 nitrogen and oxygen atoms in total. The Hall–Kier alpha value is -1.87. The van der Waals surface area contributed by atoms with Crippen molar-refractivity contribution in [2.24, 2.45) is 23.2 Å². The number of esters is 1. The molecule has 0 spiro atoms. The molecule has 176 valence electrons. The van der Waals surface area contributed by atoms with Crippen LogP contribution in [-0.4, -0.2) is 42.8 Å². The molecule has 0 radical (unpaired) electrons. The van der Waals surface area contributed by atoms with Gasteiger partial charge in [0.25, 0.3) is 0 Å². The van der Waals surface area contributed by atoms with Gasteiger partial charge >= 0.3 is 5.97 Å². The summed E-state index contributed by atoms with van der Waals surface area (Å²) >= 11 is 0. The zero-order valence-corrected chi connectivity index (χ0v) is 20.1. The number of aliphatic hydroxyl groups excluding tert-OH is 1. The molecule has 0 aromatic heterocycles. The van der Waals surface area contributed by atoms with Crippen LogP contribution < -0.4 is 0 Å². The van der Waals surface area contributed by atoms with Gasteiger partial charge in [0.15, 0.2) is 0 Å². The topological polar surface area (TPSA) is 65.0 Å². The third-order valence-corrected chi connectivity index (χ3v) is 7.59. The van der Waals surface area contributed by atoms with E-state index in [1.807, 2.05) is 32.0 Å². The summed E-state index contributed by atoms with van der Waals surface area (Å²) < 4.78 is 16.6. The van der Waals surface area contributed by atoms with E-state index in [9.17, 15) is 9.90 Å². The van der Waals surface area contributed by atoms with Crippen LogP contribution in [-0.2, 0) is 14.2 Å². The van der Waals surface area contributed by atoms with Crippen molar-refractivity contribution in [2.45, 2.75) is 77.6 Å². The maximum Gasteiger partial charge on any atom is 0.338 e. The average molecular weight is 443 g/mol. The molecule has 1 aromatic rings. The zero-order chi connectivity index (χ0) is 23.4. The second-order valence-corrected chi connectivity index (χ2v) is 10.1. The largest absolute Gasteiger partial charge is 0.458 e. The van der Waals surface area contributed by atoms with Crippen LogP contribution in [0.5, 0.6) is 0 Å². The summed E-state index contributed by atoms with van der Waals surface area (Å²) in [7, 11) is 1.58. The van der Waals surface area contributed by atoms with Crippen molar-refractivity contribution in [3.8, 4) is 11.8 Å². The molecule has 1 N–H and O–H groups in total. The van der Waals surface area contributed by atoms with Gasteiger partial charge in [-0.2, -0.15) is 0 Å². The first-order valence-corrected chi connectivity index (χ1v) is 11.8. The van der Waals surface area contributed by atoms with E-state index in [1.54, 1.807) is 19.2 Å². The molecule has 0 amide bonds. The molecule has 0 aliphatic heterocycles. The number of ether oxygens (including phenoxy) is 3. The number of carbonyl (C=O) groups is 1. The van der Waals surface area contributed by atoms with Crippen molar-refractivity contribution < 1.29 is 24.1 Å². The second kappa shape index (κ2) is 10.4. The molecule has 0 saturated heterocycles. The Labute approximate surface area is 192 Å². The lowest BCUT2D eigenvalue weighted by Gasteiger charge is -2.46. The van der Waals surface area contributed by atoms with E-state index in [0.29, 0.717) is 17.4 Å². The summed E-state index contributed by atoms with van der Waals surface area (Å²) in [6.07, 6.45) is 4.27. The first kappa shape index (κ1) is 24.8. The fraction of sp³-hybridized carbons (Fsp3) is 0.667. The van der Waals surface area contributed by atoms with Crippen LogP contribution in [0.2, 0.25) is 0 Å².